The van der Waals surface area contributed by atoms with Crippen LogP contribution in [0.25, 0.3) is 0 Å². The van der Waals surface area contributed by atoms with Crippen molar-refractivity contribution in [2.24, 2.45) is 21.9 Å². The van der Waals surface area contributed by atoms with Crippen LogP contribution < -0.4 is 16.4 Å². The van der Waals surface area contributed by atoms with Gasteiger partial charge in [-0.15, -0.1) is 0 Å². The SMILES string of the molecule is CC(C)(CN=C(N)N1CCN(c2ccc(Cl)cc2)CC1)C(N)=O. The fourth-order valence-corrected chi connectivity index (χ4v) is 2.43. The number of carbonyl (C=O) groups is 1. The molecular formula is C16H24ClN5O. The molecule has 0 atom stereocenters. The lowest BCUT2D eigenvalue weighted by molar-refractivity contribution is -0.125. The third-order valence-corrected chi connectivity index (χ3v) is 4.35. The largest absolute Gasteiger partial charge is 0.370 e. The van der Waals surface area contributed by atoms with Gasteiger partial charge in [0.1, 0.15) is 0 Å². The van der Waals surface area contributed by atoms with Crippen LogP contribution in [0.15, 0.2) is 29.3 Å². The Bertz CT molecular complexity index is 577. The van der Waals surface area contributed by atoms with Crippen molar-refractivity contribution >= 4 is 29.2 Å². The van der Waals surface area contributed by atoms with Gasteiger partial charge in [0.15, 0.2) is 5.96 Å². The highest BCUT2D eigenvalue weighted by molar-refractivity contribution is 6.30. The zero-order chi connectivity index (χ0) is 17.0. The molecule has 1 saturated heterocycles. The zero-order valence-electron chi connectivity index (χ0n) is 13.6. The number of nitrogens with zero attached hydrogens (tertiary/aromatic N) is 3. The van der Waals surface area contributed by atoms with E-state index in [9.17, 15) is 4.79 Å². The Morgan fingerprint density at radius 1 is 1.17 bits per heavy atom. The molecule has 1 amide bonds. The van der Waals surface area contributed by atoms with Crippen LogP contribution in [0, 0.1) is 5.41 Å². The minimum Gasteiger partial charge on any atom is -0.370 e. The summed E-state index contributed by atoms with van der Waals surface area (Å²) in [5.74, 6) is 0.0942. The minimum atomic E-state index is -0.685. The first-order valence-electron chi connectivity index (χ1n) is 7.65. The van der Waals surface area contributed by atoms with Gasteiger partial charge in [0.05, 0.1) is 12.0 Å². The smallest absolute Gasteiger partial charge is 0.224 e. The maximum Gasteiger partial charge on any atom is 0.224 e. The van der Waals surface area contributed by atoms with Crippen LogP contribution in [0.5, 0.6) is 0 Å². The van der Waals surface area contributed by atoms with Crippen molar-refractivity contribution in [3.8, 4) is 0 Å². The second-order valence-corrected chi connectivity index (χ2v) is 6.81. The fraction of sp³-hybridized carbons (Fsp3) is 0.500. The van der Waals surface area contributed by atoms with Gasteiger partial charge >= 0.3 is 0 Å². The second kappa shape index (κ2) is 7.08. The minimum absolute atomic E-state index is 0.297. The lowest BCUT2D eigenvalue weighted by atomic mass is 9.93. The van der Waals surface area contributed by atoms with Gasteiger partial charge in [-0.2, -0.15) is 0 Å². The summed E-state index contributed by atoms with van der Waals surface area (Å²) in [5, 5.41) is 0.737. The first-order chi connectivity index (χ1) is 10.8. The van der Waals surface area contributed by atoms with Gasteiger partial charge in [-0.1, -0.05) is 11.6 Å². The van der Waals surface area contributed by atoms with E-state index in [1.165, 1.54) is 0 Å². The van der Waals surface area contributed by atoms with E-state index in [-0.39, 0.29) is 5.91 Å². The number of hydrogen-bond acceptors (Lipinski definition) is 3. The third-order valence-electron chi connectivity index (χ3n) is 4.10. The number of primary amides is 1. The monoisotopic (exact) mass is 337 g/mol. The number of carbonyl (C=O) groups excluding carboxylic acids is 1. The lowest BCUT2D eigenvalue weighted by Crippen LogP contribution is -2.51. The zero-order valence-corrected chi connectivity index (χ0v) is 14.4. The van der Waals surface area contributed by atoms with E-state index in [0.29, 0.717) is 12.5 Å². The number of nitrogens with two attached hydrogens (primary N) is 2. The average molecular weight is 338 g/mol. The van der Waals surface area contributed by atoms with Gasteiger partial charge in [-0.25, -0.2) is 0 Å². The van der Waals surface area contributed by atoms with Crippen molar-refractivity contribution < 1.29 is 4.79 Å². The summed E-state index contributed by atoms with van der Waals surface area (Å²) >= 11 is 5.92. The Labute approximate surface area is 142 Å². The molecule has 0 radical (unpaired) electrons. The number of halogens is 1. The summed E-state index contributed by atoms with van der Waals surface area (Å²) in [6.07, 6.45) is 0. The molecule has 6 nitrogen and oxygen atoms in total. The van der Waals surface area contributed by atoms with E-state index < -0.39 is 5.41 Å². The number of benzene rings is 1. The highest BCUT2D eigenvalue weighted by Crippen LogP contribution is 2.19. The van der Waals surface area contributed by atoms with Crippen molar-refractivity contribution in [2.75, 3.05) is 37.6 Å². The normalized spacial score (nSPS) is 16.6. The van der Waals surface area contributed by atoms with Gasteiger partial charge in [0.2, 0.25) is 5.91 Å². The number of piperazine rings is 1. The van der Waals surface area contributed by atoms with E-state index >= 15 is 0 Å². The van der Waals surface area contributed by atoms with Crippen molar-refractivity contribution in [1.82, 2.24) is 4.90 Å². The predicted octanol–water partition coefficient (Wildman–Crippen LogP) is 1.29. The van der Waals surface area contributed by atoms with Crippen molar-refractivity contribution in [1.29, 1.82) is 0 Å². The number of guanidine groups is 1. The molecule has 1 aromatic carbocycles. The Morgan fingerprint density at radius 3 is 2.26 bits per heavy atom. The van der Waals surface area contributed by atoms with E-state index in [1.54, 1.807) is 13.8 Å². The predicted molar refractivity (Wildman–Crippen MR) is 94.7 cm³/mol. The van der Waals surface area contributed by atoms with Crippen LogP contribution in [0.3, 0.4) is 0 Å². The summed E-state index contributed by atoms with van der Waals surface area (Å²) < 4.78 is 0. The number of amides is 1. The molecule has 1 aromatic rings. The molecule has 1 aliphatic rings. The molecule has 0 unspecified atom stereocenters. The van der Waals surface area contributed by atoms with Gasteiger partial charge in [0.25, 0.3) is 0 Å². The maximum absolute atomic E-state index is 11.3. The molecule has 0 saturated carbocycles. The molecule has 0 spiro atoms. The first-order valence-corrected chi connectivity index (χ1v) is 8.03. The maximum atomic E-state index is 11.3. The molecule has 1 heterocycles. The van der Waals surface area contributed by atoms with Crippen LogP contribution in [0.1, 0.15) is 13.8 Å². The molecule has 126 valence electrons. The topological polar surface area (TPSA) is 87.9 Å². The highest BCUT2D eigenvalue weighted by atomic mass is 35.5. The summed E-state index contributed by atoms with van der Waals surface area (Å²) in [6, 6.07) is 7.83. The van der Waals surface area contributed by atoms with E-state index in [0.717, 1.165) is 36.9 Å². The Kier molecular flexibility index (Phi) is 5.36. The molecule has 7 heteroatoms. The number of aliphatic imine (C=N–C) groups is 1. The fourth-order valence-electron chi connectivity index (χ4n) is 2.30. The Balaban J connectivity index is 1.91. The summed E-state index contributed by atoms with van der Waals surface area (Å²) in [5.41, 5.74) is 11.9. The number of anilines is 1. The molecular weight excluding hydrogens is 314 g/mol. The Morgan fingerprint density at radius 2 is 1.74 bits per heavy atom. The molecule has 0 aliphatic carbocycles. The number of rotatable bonds is 4. The summed E-state index contributed by atoms with van der Waals surface area (Å²) in [4.78, 5) is 20.0. The van der Waals surface area contributed by atoms with Gasteiger partial charge in [0, 0.05) is 36.9 Å². The first kappa shape index (κ1) is 17.4. The summed E-state index contributed by atoms with van der Waals surface area (Å²) in [6.45, 7) is 7.12. The molecule has 4 N–H and O–H groups in total. The van der Waals surface area contributed by atoms with Crippen LogP contribution in [-0.4, -0.2) is 49.5 Å². The quantitative estimate of drug-likeness (QED) is 0.640. The highest BCUT2D eigenvalue weighted by Gasteiger charge is 2.25. The van der Waals surface area contributed by atoms with E-state index in [2.05, 4.69) is 9.89 Å². The van der Waals surface area contributed by atoms with Gasteiger partial charge in [-0.3, -0.25) is 9.79 Å². The van der Waals surface area contributed by atoms with Crippen LogP contribution in [0.2, 0.25) is 5.02 Å². The van der Waals surface area contributed by atoms with Gasteiger partial charge < -0.3 is 21.3 Å². The molecule has 2 rings (SSSR count). The van der Waals surface area contributed by atoms with Crippen molar-refractivity contribution in [2.45, 2.75) is 13.8 Å². The molecule has 0 aromatic heterocycles. The number of hydrogen-bond donors (Lipinski definition) is 2. The van der Waals surface area contributed by atoms with Crippen LogP contribution in [0.4, 0.5) is 5.69 Å². The molecule has 1 aliphatic heterocycles. The van der Waals surface area contributed by atoms with E-state index in [1.807, 2.05) is 29.2 Å². The lowest BCUT2D eigenvalue weighted by Gasteiger charge is -2.36. The Hall–Kier alpha value is -1.95. The van der Waals surface area contributed by atoms with Crippen LogP contribution >= 0.6 is 11.6 Å². The van der Waals surface area contributed by atoms with Gasteiger partial charge in [-0.05, 0) is 38.1 Å². The summed E-state index contributed by atoms with van der Waals surface area (Å²) in [7, 11) is 0. The average Bonchev–Trinajstić information content (AvgIpc) is 2.53. The van der Waals surface area contributed by atoms with E-state index in [4.69, 9.17) is 23.1 Å². The van der Waals surface area contributed by atoms with Crippen LogP contribution in [-0.2, 0) is 4.79 Å². The standard InChI is InChI=1S/C16H24ClN5O/c1-16(2,14(18)23)11-20-15(19)22-9-7-21(8-10-22)13-5-3-12(17)4-6-13/h3-6H,7-11H2,1-2H3,(H2,18,23)(H2,19,20). The molecule has 0 bridgehead atoms. The molecule has 23 heavy (non-hydrogen) atoms. The molecule has 1 fully saturated rings. The third kappa shape index (κ3) is 4.51. The van der Waals surface area contributed by atoms with Crippen molar-refractivity contribution in [3.63, 3.8) is 0 Å². The second-order valence-electron chi connectivity index (χ2n) is 6.37. The van der Waals surface area contributed by atoms with Crippen molar-refractivity contribution in [3.05, 3.63) is 29.3 Å².